The molecule has 4 saturated heterocycles. The van der Waals surface area contributed by atoms with Crippen LogP contribution in [0.3, 0.4) is 0 Å². The first-order chi connectivity index (χ1) is 53.5. The number of nitrogens with one attached hydrogen (secondary N) is 2. The number of fused-ring (bicyclic) bond motifs is 4. The topological polar surface area (TPSA) is 264 Å². The standard InChI is InChI=1S/C40H46ClN5O7.C40H39ClN4O6.C6H12O2/c1-39(2,3)53-38(51)45-24-29-11-9-8-10-28(29)23-33(45)35(48)42-32(22-27-14-16-30(41)17-15-27)36(49)43-20-18-40(19-21-43)37(50)44(25-34(47)52-4)26-46(40)31-12-6-5-7-13-31;1-50-36(46)24-44-26-45(29-9-3-2-4-10-29)40(38(44)48)19-21-43(22-20-40)37(47)35(23-27-15-17-28(41)18-16-27)42-39(49)51-25-34-32-13-7-5-11-30(32)31-12-6-8-14-33(31)34;1-5(7)8-6(2,3)4/h5-17,32-33H,18-26H2,1-4H3,(H,42,48);2-18,34-35H,19-26H2,1H3,(H,42,49);1-4H3/t32-,33-;35-;/m11./s1. The van der Waals surface area contributed by atoms with Gasteiger partial charge in [0.15, 0.2) is 0 Å². The van der Waals surface area contributed by atoms with Crippen molar-refractivity contribution in [3.05, 3.63) is 225 Å². The molecule has 5 aliphatic heterocycles. The summed E-state index contributed by atoms with van der Waals surface area (Å²) in [6, 6.07) is 54.5. The number of benzene rings is 7. The number of anilines is 2. The fourth-order valence-electron chi connectivity index (χ4n) is 15.6. The average Bonchev–Trinajstić information content (AvgIpc) is 1.59. The quantitative estimate of drug-likeness (QED) is 0.0634. The van der Waals surface area contributed by atoms with Gasteiger partial charge in [-0.15, -0.1) is 0 Å². The van der Waals surface area contributed by atoms with Crippen molar-refractivity contribution in [2.24, 2.45) is 0 Å². The Morgan fingerprint density at radius 2 is 0.911 bits per heavy atom. The van der Waals surface area contributed by atoms with Crippen LogP contribution in [0.2, 0.25) is 10.0 Å². The third kappa shape index (κ3) is 19.5. The SMILES string of the molecule is CC(=O)OC(C)(C)C.COC(=O)CN1CN(c2ccccc2)C2(CCN(C(=O)[C@@H](Cc3ccc(Cl)cc3)NC(=O)OCC3c4ccccc4-c4ccccc43)CC2)C1=O.COC(=O)CN1CN(c2ccccc2)C2(CCN(C(=O)[C@@H](Cc3ccc(Cl)cc3)NC(=O)[C@H]3Cc4ccccc4CN3C(=O)OC(C)(C)C)CC2)C1=O. The van der Waals surface area contributed by atoms with Crippen LogP contribution in [-0.4, -0.2) is 198 Å². The molecule has 2 N–H and O–H groups in total. The number of alkyl carbamates (subject to hydrolysis) is 1. The van der Waals surface area contributed by atoms with Gasteiger partial charge in [0.25, 0.3) is 11.8 Å². The fraction of sp³-hybridized carbons (Fsp3) is 0.395. The molecule has 0 aromatic heterocycles. The Morgan fingerprint density at radius 1 is 0.509 bits per heavy atom. The summed E-state index contributed by atoms with van der Waals surface area (Å²) in [5.74, 6) is -2.75. The molecule has 0 saturated carbocycles. The molecular weight excluding hydrogens is 1470 g/mol. The van der Waals surface area contributed by atoms with Gasteiger partial charge in [0.1, 0.15) is 60.1 Å². The monoisotopic (exact) mass is 1570 g/mol. The highest BCUT2D eigenvalue weighted by Gasteiger charge is 2.57. The average molecular weight is 1570 g/mol. The minimum absolute atomic E-state index is 0.119. The molecule has 0 radical (unpaired) electrons. The Kier molecular flexibility index (Phi) is 26.0. The fourth-order valence-corrected chi connectivity index (χ4v) is 15.8. The third-order valence-electron chi connectivity index (χ3n) is 20.9. The molecule has 0 bridgehead atoms. The molecule has 7 aromatic rings. The number of amides is 7. The van der Waals surface area contributed by atoms with E-state index in [9.17, 15) is 47.9 Å². The maximum atomic E-state index is 14.5. The number of hydrogen-bond acceptors (Lipinski definition) is 17. The lowest BCUT2D eigenvalue weighted by Crippen LogP contribution is -2.61. The zero-order chi connectivity index (χ0) is 80.2. The Labute approximate surface area is 663 Å². The van der Waals surface area contributed by atoms with Gasteiger partial charge in [-0.1, -0.05) is 157 Å². The molecule has 112 heavy (non-hydrogen) atoms. The number of carbonyl (C=O) groups is 10. The zero-order valence-corrected chi connectivity index (χ0v) is 66.2. The lowest BCUT2D eigenvalue weighted by molar-refractivity contribution is -0.152. The van der Waals surface area contributed by atoms with E-state index in [4.69, 9.17) is 46.9 Å². The maximum absolute atomic E-state index is 14.5. The Bertz CT molecular complexity index is 4520. The second-order valence-corrected chi connectivity index (χ2v) is 31.6. The molecule has 13 rings (SSSR count). The van der Waals surface area contributed by atoms with Crippen molar-refractivity contribution in [3.8, 4) is 11.1 Å². The van der Waals surface area contributed by atoms with Crippen LogP contribution in [0.15, 0.2) is 182 Å². The number of nitrogens with zero attached hydrogens (tertiary/aromatic N) is 7. The smallest absolute Gasteiger partial charge is 0.411 e. The van der Waals surface area contributed by atoms with Gasteiger partial charge in [0, 0.05) is 79.7 Å². The summed E-state index contributed by atoms with van der Waals surface area (Å²) in [5, 5.41) is 6.99. The van der Waals surface area contributed by atoms with Crippen LogP contribution in [0.4, 0.5) is 21.0 Å². The number of likely N-dealkylation sites (tertiary alicyclic amines) is 2. The minimum atomic E-state index is -0.976. The van der Waals surface area contributed by atoms with Crippen LogP contribution in [-0.2, 0) is 87.8 Å². The summed E-state index contributed by atoms with van der Waals surface area (Å²) >= 11 is 12.3. The lowest BCUT2D eigenvalue weighted by Gasteiger charge is -2.44. The number of halogens is 2. The molecule has 2 spiro atoms. The van der Waals surface area contributed by atoms with E-state index in [-0.39, 0.29) is 126 Å². The minimum Gasteiger partial charge on any atom is -0.468 e. The van der Waals surface area contributed by atoms with Crippen molar-refractivity contribution >= 4 is 94.2 Å². The predicted molar refractivity (Wildman–Crippen MR) is 424 cm³/mol. The van der Waals surface area contributed by atoms with Crippen LogP contribution in [0.5, 0.6) is 0 Å². The maximum Gasteiger partial charge on any atom is 0.411 e. The summed E-state index contributed by atoms with van der Waals surface area (Å²) in [7, 11) is 2.59. The van der Waals surface area contributed by atoms with Crippen LogP contribution < -0.4 is 20.4 Å². The largest absolute Gasteiger partial charge is 0.468 e. The highest BCUT2D eigenvalue weighted by Crippen LogP contribution is 2.46. The summed E-state index contributed by atoms with van der Waals surface area (Å²) < 4.78 is 26.1. The molecule has 4 fully saturated rings. The highest BCUT2D eigenvalue weighted by atomic mass is 35.5. The molecule has 590 valence electrons. The number of para-hydroxylation sites is 2. The van der Waals surface area contributed by atoms with Gasteiger partial charge in [-0.2, -0.15) is 0 Å². The number of rotatable bonds is 17. The Morgan fingerprint density at radius 3 is 1.32 bits per heavy atom. The first-order valence-electron chi connectivity index (χ1n) is 37.6. The molecular formula is C86H97Cl2N9O15. The van der Waals surface area contributed by atoms with E-state index in [0.29, 0.717) is 35.7 Å². The van der Waals surface area contributed by atoms with Crippen LogP contribution in [0.25, 0.3) is 11.1 Å². The van der Waals surface area contributed by atoms with Gasteiger partial charge in [0.2, 0.25) is 17.7 Å². The van der Waals surface area contributed by atoms with Gasteiger partial charge in [0.05, 0.1) is 34.1 Å². The van der Waals surface area contributed by atoms with Gasteiger partial charge >= 0.3 is 30.1 Å². The Hall–Kier alpha value is -11.0. The third-order valence-corrected chi connectivity index (χ3v) is 21.5. The highest BCUT2D eigenvalue weighted by molar-refractivity contribution is 6.30. The number of esters is 3. The van der Waals surface area contributed by atoms with Gasteiger partial charge in [-0.3, -0.25) is 43.3 Å². The molecule has 1 aliphatic carbocycles. The molecule has 26 heteroatoms. The lowest BCUT2D eigenvalue weighted by atomic mass is 9.85. The first kappa shape index (κ1) is 82.0. The normalized spacial score (nSPS) is 17.3. The van der Waals surface area contributed by atoms with Crippen molar-refractivity contribution in [2.75, 3.05) is 83.2 Å². The van der Waals surface area contributed by atoms with Crippen LogP contribution in [0, 0.1) is 0 Å². The van der Waals surface area contributed by atoms with Crippen molar-refractivity contribution < 1.29 is 71.6 Å². The van der Waals surface area contributed by atoms with Crippen LogP contribution in [0.1, 0.15) is 113 Å². The second-order valence-electron chi connectivity index (χ2n) is 30.7. The van der Waals surface area contributed by atoms with E-state index in [1.165, 1.54) is 35.8 Å². The molecule has 0 unspecified atom stereocenters. The van der Waals surface area contributed by atoms with E-state index in [1.807, 2.05) is 164 Å². The van der Waals surface area contributed by atoms with E-state index >= 15 is 0 Å². The van der Waals surface area contributed by atoms with Crippen molar-refractivity contribution in [3.63, 3.8) is 0 Å². The van der Waals surface area contributed by atoms with Crippen molar-refractivity contribution in [1.29, 1.82) is 0 Å². The van der Waals surface area contributed by atoms with E-state index in [0.717, 1.165) is 55.9 Å². The molecule has 3 atom stereocenters. The van der Waals surface area contributed by atoms with Gasteiger partial charge in [-0.05, 0) is 160 Å². The van der Waals surface area contributed by atoms with Gasteiger partial charge in [-0.25, -0.2) is 9.59 Å². The zero-order valence-electron chi connectivity index (χ0n) is 64.7. The molecule has 24 nitrogen and oxygen atoms in total. The number of methoxy groups -OCH3 is 2. The van der Waals surface area contributed by atoms with E-state index in [1.54, 1.807) is 54.8 Å². The predicted octanol–water partition coefficient (Wildman–Crippen LogP) is 11.5. The van der Waals surface area contributed by atoms with Crippen molar-refractivity contribution in [2.45, 2.75) is 146 Å². The number of ether oxygens (including phenoxy) is 5. The molecule has 5 heterocycles. The molecule has 6 aliphatic rings. The van der Waals surface area contributed by atoms with Gasteiger partial charge < -0.3 is 63.7 Å². The number of piperidine rings is 2. The number of hydrogen-bond donors (Lipinski definition) is 2. The summed E-state index contributed by atoms with van der Waals surface area (Å²) in [6.07, 6.45) is 0.706. The van der Waals surface area contributed by atoms with E-state index in [2.05, 4.69) is 34.9 Å². The molecule has 7 aromatic carbocycles. The van der Waals surface area contributed by atoms with E-state index < -0.39 is 64.8 Å². The van der Waals surface area contributed by atoms with Crippen molar-refractivity contribution in [1.82, 2.24) is 35.1 Å². The molecule has 7 amide bonds. The first-order valence-corrected chi connectivity index (χ1v) is 38.3. The summed E-state index contributed by atoms with van der Waals surface area (Å²) in [5.41, 5.74) is 6.62. The summed E-state index contributed by atoms with van der Waals surface area (Å²) in [6.45, 7) is 13.7. The van der Waals surface area contributed by atoms with Crippen LogP contribution >= 0.6 is 23.2 Å². The second kappa shape index (κ2) is 35.6. The summed E-state index contributed by atoms with van der Waals surface area (Å²) in [4.78, 5) is 144. The Balaban J connectivity index is 0.000000202. The number of carbonyl (C=O) groups excluding carboxylic acids is 10.